The number of phosphoric acid groups is 1. The highest BCUT2D eigenvalue weighted by Gasteiger charge is 2.34. The molecule has 0 spiro atoms. The molecule has 0 aromatic carbocycles. The summed E-state index contributed by atoms with van der Waals surface area (Å²) in [5.41, 5.74) is -2.33. The molecule has 0 rings (SSSR count). The highest BCUT2D eigenvalue weighted by atomic mass is 35.5. The smallest absolute Gasteiger partial charge is 0.267 e. The molecule has 0 aromatic rings. The minimum atomic E-state index is -3.83. The van der Waals surface area contributed by atoms with Gasteiger partial charge in [-0.05, 0) is 19.3 Å². The fourth-order valence-electron chi connectivity index (χ4n) is 0.718. The van der Waals surface area contributed by atoms with Crippen molar-refractivity contribution in [1.82, 2.24) is 0 Å². The number of halogens is 3. The van der Waals surface area contributed by atoms with E-state index < -0.39 is 24.5 Å². The van der Waals surface area contributed by atoms with Crippen molar-refractivity contribution < 1.29 is 18.1 Å². The molecule has 0 bridgehead atoms. The first-order chi connectivity index (χ1) is 7.86. The molecule has 0 saturated heterocycles. The van der Waals surface area contributed by atoms with E-state index in [4.69, 9.17) is 48.4 Å². The van der Waals surface area contributed by atoms with Crippen LogP contribution in [-0.2, 0) is 18.1 Å². The molecular weight excluding hydrogens is 309 g/mol. The van der Waals surface area contributed by atoms with E-state index in [-0.39, 0.29) is 0 Å². The van der Waals surface area contributed by atoms with E-state index in [1.54, 1.807) is 20.8 Å². The second kappa shape index (κ2) is 8.98. The summed E-state index contributed by atoms with van der Waals surface area (Å²) in [7, 11) is -3.83. The summed E-state index contributed by atoms with van der Waals surface area (Å²) in [5, 5.41) is 0. The Morgan fingerprint density at radius 2 is 1.06 bits per heavy atom. The van der Waals surface area contributed by atoms with E-state index in [1.165, 1.54) is 0 Å². The molecule has 0 heterocycles. The van der Waals surface area contributed by atoms with Gasteiger partial charge in [-0.25, -0.2) is 4.57 Å². The largest absolute Gasteiger partial charge is 0.479 e. The molecule has 0 N–H and O–H groups in total. The Balaban J connectivity index is 4.62. The van der Waals surface area contributed by atoms with Crippen LogP contribution in [0.4, 0.5) is 0 Å². The van der Waals surface area contributed by atoms with E-state index in [9.17, 15) is 4.57 Å². The summed E-state index contributed by atoms with van der Waals surface area (Å²) in [6.07, 6.45) is 1.36. The van der Waals surface area contributed by atoms with Gasteiger partial charge in [-0.2, -0.15) is 0 Å². The summed E-state index contributed by atoms with van der Waals surface area (Å²) in [4.78, 5) is 0. The van der Waals surface area contributed by atoms with Crippen LogP contribution in [0.5, 0.6) is 0 Å². The fraction of sp³-hybridized carbons (Fsp3) is 1.00. The van der Waals surface area contributed by atoms with Crippen LogP contribution in [0.15, 0.2) is 0 Å². The molecule has 4 nitrogen and oxygen atoms in total. The lowest BCUT2D eigenvalue weighted by Gasteiger charge is -2.23. The third-order valence-corrected chi connectivity index (χ3v) is 4.80. The van der Waals surface area contributed by atoms with Gasteiger partial charge in [0.15, 0.2) is 0 Å². The first-order valence-corrected chi connectivity index (χ1v) is 8.21. The standard InChI is InChI=1S/C9H18Cl3O4P/c1-4-7(10)14-17(13,15-8(11)5-2)16-9(12)6-3/h7-9H,4-6H2,1-3H3. The van der Waals surface area contributed by atoms with Crippen LogP contribution < -0.4 is 0 Å². The molecule has 0 saturated carbocycles. The second-order valence-electron chi connectivity index (χ2n) is 3.22. The van der Waals surface area contributed by atoms with Crippen molar-refractivity contribution in [1.29, 1.82) is 0 Å². The third kappa shape index (κ3) is 7.89. The first kappa shape index (κ1) is 18.0. The van der Waals surface area contributed by atoms with Crippen LogP contribution in [-0.4, -0.2) is 16.7 Å². The van der Waals surface area contributed by atoms with E-state index in [2.05, 4.69) is 0 Å². The Kier molecular flexibility index (Phi) is 9.49. The molecule has 0 aromatic heterocycles. The lowest BCUT2D eigenvalue weighted by atomic mass is 10.5. The zero-order valence-electron chi connectivity index (χ0n) is 10.1. The maximum atomic E-state index is 12.2. The predicted octanol–water partition coefficient (Wildman–Crippen LogP) is 5.07. The van der Waals surface area contributed by atoms with Gasteiger partial charge in [0.25, 0.3) is 0 Å². The van der Waals surface area contributed by atoms with Crippen LogP contribution in [0.1, 0.15) is 40.0 Å². The molecule has 3 unspecified atom stereocenters. The lowest BCUT2D eigenvalue weighted by molar-refractivity contribution is 0.0827. The molecule has 0 aliphatic carbocycles. The highest BCUT2D eigenvalue weighted by molar-refractivity contribution is 7.48. The van der Waals surface area contributed by atoms with E-state index >= 15 is 0 Å². The molecule has 0 radical (unpaired) electrons. The molecule has 17 heavy (non-hydrogen) atoms. The maximum absolute atomic E-state index is 12.2. The van der Waals surface area contributed by atoms with E-state index in [0.717, 1.165) is 0 Å². The summed E-state index contributed by atoms with van der Waals surface area (Å²) in [5.74, 6) is 0. The van der Waals surface area contributed by atoms with Crippen LogP contribution in [0.3, 0.4) is 0 Å². The summed E-state index contributed by atoms with van der Waals surface area (Å²) in [6.45, 7) is 5.33. The van der Waals surface area contributed by atoms with Gasteiger partial charge in [0.05, 0.1) is 0 Å². The molecule has 104 valence electrons. The topological polar surface area (TPSA) is 44.8 Å². The van der Waals surface area contributed by atoms with Gasteiger partial charge in [0, 0.05) is 0 Å². The molecule has 3 atom stereocenters. The van der Waals surface area contributed by atoms with Gasteiger partial charge in [-0.15, -0.1) is 0 Å². The molecular formula is C9H18Cl3O4P. The van der Waals surface area contributed by atoms with Crippen molar-refractivity contribution in [2.75, 3.05) is 0 Å². The van der Waals surface area contributed by atoms with Gasteiger partial charge >= 0.3 is 7.82 Å². The number of phosphoric ester groups is 1. The zero-order valence-corrected chi connectivity index (χ0v) is 13.2. The fourth-order valence-corrected chi connectivity index (χ4v) is 3.03. The van der Waals surface area contributed by atoms with Crippen LogP contribution in [0, 0.1) is 0 Å². The van der Waals surface area contributed by atoms with Crippen molar-refractivity contribution in [2.45, 2.75) is 56.7 Å². The number of hydrogen-bond donors (Lipinski definition) is 0. The monoisotopic (exact) mass is 326 g/mol. The van der Waals surface area contributed by atoms with Crippen molar-refractivity contribution >= 4 is 42.6 Å². The first-order valence-electron chi connectivity index (χ1n) is 5.44. The zero-order chi connectivity index (χ0) is 13.5. The van der Waals surface area contributed by atoms with Crippen molar-refractivity contribution in [2.24, 2.45) is 0 Å². The van der Waals surface area contributed by atoms with Crippen molar-refractivity contribution in [3.63, 3.8) is 0 Å². The Bertz CT molecular complexity index is 216. The molecule has 0 fully saturated rings. The quantitative estimate of drug-likeness (QED) is 0.438. The van der Waals surface area contributed by atoms with Gasteiger partial charge in [0.2, 0.25) is 0 Å². The van der Waals surface area contributed by atoms with E-state index in [1.807, 2.05) is 0 Å². The Hall–Kier alpha value is 0.980. The van der Waals surface area contributed by atoms with Crippen LogP contribution >= 0.6 is 42.6 Å². The minimum Gasteiger partial charge on any atom is -0.267 e. The van der Waals surface area contributed by atoms with Crippen LogP contribution in [0.25, 0.3) is 0 Å². The summed E-state index contributed by atoms with van der Waals surface area (Å²) in [6, 6.07) is 0. The number of alkyl halides is 3. The Morgan fingerprint density at radius 3 is 1.24 bits per heavy atom. The van der Waals surface area contributed by atoms with Gasteiger partial charge in [0.1, 0.15) is 16.7 Å². The summed E-state index contributed by atoms with van der Waals surface area (Å²) < 4.78 is 27.3. The van der Waals surface area contributed by atoms with Gasteiger partial charge < -0.3 is 0 Å². The maximum Gasteiger partial charge on any atom is 0.479 e. The Labute approximate surface area is 117 Å². The second-order valence-corrected chi connectivity index (χ2v) is 6.21. The van der Waals surface area contributed by atoms with E-state index in [0.29, 0.717) is 19.3 Å². The average Bonchev–Trinajstić information content (AvgIpc) is 2.27. The van der Waals surface area contributed by atoms with Gasteiger partial charge in [-0.3, -0.25) is 13.6 Å². The normalized spacial score (nSPS) is 20.6. The summed E-state index contributed by atoms with van der Waals surface area (Å²) >= 11 is 17.3. The molecule has 0 amide bonds. The molecule has 8 heteroatoms. The van der Waals surface area contributed by atoms with Gasteiger partial charge in [-0.1, -0.05) is 55.6 Å². The molecule has 0 aliphatic rings. The van der Waals surface area contributed by atoms with Crippen molar-refractivity contribution in [3.8, 4) is 0 Å². The minimum absolute atomic E-state index is 0.455. The van der Waals surface area contributed by atoms with Crippen LogP contribution in [0.2, 0.25) is 0 Å². The predicted molar refractivity (Wildman–Crippen MR) is 70.7 cm³/mol. The lowest BCUT2D eigenvalue weighted by Crippen LogP contribution is -2.13. The molecule has 0 aliphatic heterocycles. The average molecular weight is 328 g/mol. The SMILES string of the molecule is CCC(Cl)OP(=O)(OC(Cl)CC)OC(Cl)CC. The number of rotatable bonds is 9. The number of hydrogen-bond acceptors (Lipinski definition) is 4. The Morgan fingerprint density at radius 1 is 0.824 bits per heavy atom. The third-order valence-electron chi connectivity index (χ3n) is 1.69. The highest BCUT2D eigenvalue weighted by Crippen LogP contribution is 2.54. The van der Waals surface area contributed by atoms with Crippen molar-refractivity contribution in [3.05, 3.63) is 0 Å².